The number of fused-ring (bicyclic) bond motifs is 1. The second-order valence-electron chi connectivity index (χ2n) is 9.72. The molecule has 1 aromatic carbocycles. The van der Waals surface area contributed by atoms with Crippen LogP contribution >= 0.6 is 0 Å². The first-order valence-corrected chi connectivity index (χ1v) is 12.4. The van der Waals surface area contributed by atoms with Gasteiger partial charge in [-0.15, -0.1) is 0 Å². The highest BCUT2D eigenvalue weighted by molar-refractivity contribution is 6.24. The smallest absolute Gasteiger partial charge is 0.266 e. The summed E-state index contributed by atoms with van der Waals surface area (Å²) in [7, 11) is 0. The third-order valence-electron chi connectivity index (χ3n) is 7.72. The van der Waals surface area contributed by atoms with Crippen LogP contribution in [-0.4, -0.2) is 78.2 Å². The minimum absolute atomic E-state index is 0.0516. The zero-order chi connectivity index (χ0) is 24.5. The number of benzene rings is 1. The largest absolute Gasteiger partial charge is 0.483 e. The summed E-state index contributed by atoms with van der Waals surface area (Å²) >= 11 is 0. The Morgan fingerprint density at radius 2 is 1.66 bits per heavy atom. The zero-order valence-electron chi connectivity index (χ0n) is 19.6. The molecule has 10 nitrogen and oxygen atoms in total. The van der Waals surface area contributed by atoms with Crippen molar-refractivity contribution < 1.29 is 28.7 Å². The number of amides is 5. The third-order valence-corrected chi connectivity index (χ3v) is 7.72. The molecule has 0 radical (unpaired) electrons. The summed E-state index contributed by atoms with van der Waals surface area (Å²) in [5, 5.41) is 5.58. The first-order chi connectivity index (χ1) is 16.9. The third kappa shape index (κ3) is 4.54. The molecule has 3 saturated heterocycles. The number of ether oxygens (including phenoxy) is 1. The van der Waals surface area contributed by atoms with Gasteiger partial charge in [0.05, 0.1) is 11.1 Å². The molecule has 4 aliphatic heterocycles. The topological polar surface area (TPSA) is 125 Å². The van der Waals surface area contributed by atoms with Crippen molar-refractivity contribution in [3.8, 4) is 5.75 Å². The Morgan fingerprint density at radius 3 is 2.37 bits per heavy atom. The molecule has 0 aliphatic carbocycles. The maximum Gasteiger partial charge on any atom is 0.266 e. The van der Waals surface area contributed by atoms with Crippen molar-refractivity contribution in [1.29, 1.82) is 0 Å². The minimum Gasteiger partial charge on any atom is -0.483 e. The molecular weight excluding hydrogens is 452 g/mol. The van der Waals surface area contributed by atoms with E-state index in [1.807, 2.05) is 4.90 Å². The van der Waals surface area contributed by atoms with Gasteiger partial charge in [-0.2, -0.15) is 0 Å². The zero-order valence-corrected chi connectivity index (χ0v) is 19.6. The van der Waals surface area contributed by atoms with Gasteiger partial charge in [0.25, 0.3) is 17.7 Å². The Labute approximate surface area is 203 Å². The lowest BCUT2D eigenvalue weighted by atomic mass is 9.79. The average molecular weight is 483 g/mol. The summed E-state index contributed by atoms with van der Waals surface area (Å²) in [5.41, 5.74) is 0.187. The van der Waals surface area contributed by atoms with Crippen LogP contribution in [0.5, 0.6) is 5.75 Å². The summed E-state index contributed by atoms with van der Waals surface area (Å²) in [6.07, 6.45) is 4.51. The van der Waals surface area contributed by atoms with E-state index in [0.717, 1.165) is 36.7 Å². The van der Waals surface area contributed by atoms with E-state index in [9.17, 15) is 24.0 Å². The molecule has 1 aromatic rings. The molecule has 0 spiro atoms. The van der Waals surface area contributed by atoms with Gasteiger partial charge in [0.15, 0.2) is 6.61 Å². The predicted octanol–water partition coefficient (Wildman–Crippen LogP) is 0.705. The quantitative estimate of drug-likeness (QED) is 0.592. The maximum absolute atomic E-state index is 13.1. The lowest BCUT2D eigenvalue weighted by molar-refractivity contribution is -0.136. The van der Waals surface area contributed by atoms with Crippen LogP contribution in [0.15, 0.2) is 18.2 Å². The Kier molecular flexibility index (Phi) is 6.55. The molecular formula is C25H30N4O6. The highest BCUT2D eigenvalue weighted by atomic mass is 16.5. The number of hydrogen-bond donors (Lipinski definition) is 2. The molecule has 5 amide bonds. The highest BCUT2D eigenvalue weighted by Crippen LogP contribution is 2.34. The fourth-order valence-corrected chi connectivity index (χ4v) is 5.77. The number of likely N-dealkylation sites (tertiary alicyclic amines) is 1. The van der Waals surface area contributed by atoms with Crippen LogP contribution in [-0.2, 0) is 14.4 Å². The van der Waals surface area contributed by atoms with Crippen LogP contribution < -0.4 is 15.4 Å². The lowest BCUT2D eigenvalue weighted by Gasteiger charge is -2.37. The molecule has 186 valence electrons. The number of imide groups is 2. The molecule has 4 heterocycles. The number of carbonyl (C=O) groups is 5. The van der Waals surface area contributed by atoms with Crippen molar-refractivity contribution in [3.05, 3.63) is 29.3 Å². The Bertz CT molecular complexity index is 1060. The van der Waals surface area contributed by atoms with E-state index in [1.54, 1.807) is 12.1 Å². The number of carbonyl (C=O) groups excluding carboxylic acids is 5. The van der Waals surface area contributed by atoms with Crippen molar-refractivity contribution in [1.82, 2.24) is 20.4 Å². The van der Waals surface area contributed by atoms with E-state index in [1.165, 1.54) is 18.9 Å². The molecule has 0 saturated carbocycles. The van der Waals surface area contributed by atoms with Gasteiger partial charge >= 0.3 is 0 Å². The maximum atomic E-state index is 13.1. The van der Waals surface area contributed by atoms with Crippen LogP contribution in [0.25, 0.3) is 0 Å². The van der Waals surface area contributed by atoms with Crippen molar-refractivity contribution in [2.45, 2.75) is 44.6 Å². The van der Waals surface area contributed by atoms with Gasteiger partial charge in [-0.3, -0.25) is 34.2 Å². The lowest BCUT2D eigenvalue weighted by Crippen LogP contribution is -2.54. The van der Waals surface area contributed by atoms with Gasteiger partial charge in [-0.05, 0) is 69.2 Å². The monoisotopic (exact) mass is 482 g/mol. The molecule has 0 bridgehead atoms. The Balaban J connectivity index is 1.21. The van der Waals surface area contributed by atoms with Crippen LogP contribution in [0.4, 0.5) is 0 Å². The Morgan fingerprint density at radius 1 is 0.943 bits per heavy atom. The first-order valence-electron chi connectivity index (χ1n) is 12.4. The van der Waals surface area contributed by atoms with Crippen molar-refractivity contribution in [2.24, 2.45) is 11.8 Å². The first kappa shape index (κ1) is 23.5. The fraction of sp³-hybridized carbons (Fsp3) is 0.560. The summed E-state index contributed by atoms with van der Waals surface area (Å²) in [5.74, 6) is -0.958. The van der Waals surface area contributed by atoms with Gasteiger partial charge in [0.2, 0.25) is 11.8 Å². The normalized spacial score (nSPS) is 23.9. The molecule has 1 unspecified atom stereocenters. The van der Waals surface area contributed by atoms with Gasteiger partial charge in [-0.25, -0.2) is 0 Å². The van der Waals surface area contributed by atoms with Gasteiger partial charge in [-0.1, -0.05) is 6.07 Å². The van der Waals surface area contributed by atoms with E-state index < -0.39 is 29.7 Å². The predicted molar refractivity (Wildman–Crippen MR) is 124 cm³/mol. The molecule has 35 heavy (non-hydrogen) atoms. The van der Waals surface area contributed by atoms with E-state index in [2.05, 4.69) is 10.6 Å². The van der Waals surface area contributed by atoms with Gasteiger partial charge < -0.3 is 15.0 Å². The summed E-state index contributed by atoms with van der Waals surface area (Å²) in [6.45, 7) is 3.31. The SMILES string of the molecule is O=C1CCC(N2C(=O)c3cccc(OCC(=O)N4CCC(C5CCNCC5)CC4)c3C2=O)C(=O)N1. The van der Waals surface area contributed by atoms with Crippen LogP contribution in [0.1, 0.15) is 59.2 Å². The summed E-state index contributed by atoms with van der Waals surface area (Å²) in [6, 6.07) is 3.59. The van der Waals surface area contributed by atoms with Crippen LogP contribution in [0, 0.1) is 11.8 Å². The number of hydrogen-bond acceptors (Lipinski definition) is 7. The van der Waals surface area contributed by atoms with Crippen LogP contribution in [0.3, 0.4) is 0 Å². The van der Waals surface area contributed by atoms with E-state index in [-0.39, 0.29) is 42.2 Å². The average Bonchev–Trinajstić information content (AvgIpc) is 3.13. The van der Waals surface area contributed by atoms with E-state index >= 15 is 0 Å². The van der Waals surface area contributed by atoms with Crippen molar-refractivity contribution in [2.75, 3.05) is 32.8 Å². The molecule has 0 aromatic heterocycles. The fourth-order valence-electron chi connectivity index (χ4n) is 5.77. The van der Waals surface area contributed by atoms with E-state index in [4.69, 9.17) is 4.74 Å². The number of rotatable bonds is 5. The molecule has 5 rings (SSSR count). The molecule has 2 N–H and O–H groups in total. The van der Waals surface area contributed by atoms with Crippen molar-refractivity contribution >= 4 is 29.5 Å². The standard InChI is InChI=1S/C25H30N4O6/c30-20-5-4-18(23(32)27-20)29-24(33)17-2-1-3-19(22(17)25(29)34)35-14-21(31)28-12-8-16(9-13-28)15-6-10-26-11-7-15/h1-3,15-16,18,26H,4-14H2,(H,27,30,32). The molecule has 4 aliphatic rings. The van der Waals surface area contributed by atoms with Gasteiger partial charge in [0.1, 0.15) is 11.8 Å². The molecule has 1 atom stereocenters. The number of piperidine rings is 3. The Hall–Kier alpha value is -3.27. The summed E-state index contributed by atoms with van der Waals surface area (Å²) < 4.78 is 5.75. The number of nitrogens with zero attached hydrogens (tertiary/aromatic N) is 2. The van der Waals surface area contributed by atoms with Gasteiger partial charge in [0, 0.05) is 19.5 Å². The summed E-state index contributed by atoms with van der Waals surface area (Å²) in [4.78, 5) is 65.4. The second kappa shape index (κ2) is 9.77. The van der Waals surface area contributed by atoms with Crippen LogP contribution in [0.2, 0.25) is 0 Å². The number of nitrogens with one attached hydrogen (secondary N) is 2. The van der Waals surface area contributed by atoms with E-state index in [0.29, 0.717) is 19.0 Å². The highest BCUT2D eigenvalue weighted by Gasteiger charge is 2.46. The minimum atomic E-state index is -1.05. The molecule has 10 heteroatoms. The second-order valence-corrected chi connectivity index (χ2v) is 9.72. The van der Waals surface area contributed by atoms with Crippen molar-refractivity contribution in [3.63, 3.8) is 0 Å². The molecule has 3 fully saturated rings.